The van der Waals surface area contributed by atoms with Crippen molar-refractivity contribution in [3.63, 3.8) is 0 Å². The van der Waals surface area contributed by atoms with Crippen LogP contribution in [0.2, 0.25) is 0 Å². The van der Waals surface area contributed by atoms with Gasteiger partial charge in [-0.25, -0.2) is 8.42 Å². The number of carbonyl (C=O) groups is 2. The van der Waals surface area contributed by atoms with Gasteiger partial charge in [0.15, 0.2) is 5.17 Å². The minimum absolute atomic E-state index is 0.0200. The third-order valence-corrected chi connectivity index (χ3v) is 7.07. The number of sulfonamides is 1. The zero-order valence-corrected chi connectivity index (χ0v) is 18.7. The molecule has 0 radical (unpaired) electrons. The van der Waals surface area contributed by atoms with Gasteiger partial charge in [0, 0.05) is 28.7 Å². The van der Waals surface area contributed by atoms with Crippen molar-refractivity contribution in [2.75, 3.05) is 22.5 Å². The predicted octanol–water partition coefficient (Wildman–Crippen LogP) is 2.62. The predicted molar refractivity (Wildman–Crippen MR) is 122 cm³/mol. The highest BCUT2D eigenvalue weighted by Gasteiger charge is 2.33. The van der Waals surface area contributed by atoms with Crippen molar-refractivity contribution in [1.82, 2.24) is 5.32 Å². The molecule has 2 N–H and O–H groups in total. The standard InChI is InChI=1S/C21H22N4O4S2/c1-13(2)22-19(26)11-14-3-6-16(7-4-14)23-20(27)15-5-8-17-18(12-15)30-21-24-31(28,29)10-9-25(17)21/h3-8,12-13H,9-11H2,1-2H3,(H,22,26)(H,23,27). The summed E-state index contributed by atoms with van der Waals surface area (Å²) in [5.74, 6) is -0.335. The number of thioether (sulfide) groups is 1. The first kappa shape index (κ1) is 21.4. The number of nitrogens with zero attached hydrogens (tertiary/aromatic N) is 2. The van der Waals surface area contributed by atoms with E-state index in [4.69, 9.17) is 0 Å². The normalized spacial score (nSPS) is 16.4. The van der Waals surface area contributed by atoms with E-state index < -0.39 is 10.0 Å². The summed E-state index contributed by atoms with van der Waals surface area (Å²) in [5.41, 5.74) is 2.81. The van der Waals surface area contributed by atoms with Gasteiger partial charge >= 0.3 is 0 Å². The lowest BCUT2D eigenvalue weighted by atomic mass is 10.1. The largest absolute Gasteiger partial charge is 0.354 e. The van der Waals surface area contributed by atoms with Gasteiger partial charge in [0.05, 0.1) is 17.9 Å². The van der Waals surface area contributed by atoms with Crippen LogP contribution in [0.1, 0.15) is 29.8 Å². The molecule has 2 amide bonds. The zero-order valence-electron chi connectivity index (χ0n) is 17.1. The summed E-state index contributed by atoms with van der Waals surface area (Å²) < 4.78 is 27.3. The third-order valence-electron chi connectivity index (χ3n) is 4.76. The summed E-state index contributed by atoms with van der Waals surface area (Å²) in [5, 5.41) is 6.12. The van der Waals surface area contributed by atoms with Gasteiger partial charge in [0.25, 0.3) is 15.9 Å². The summed E-state index contributed by atoms with van der Waals surface area (Å²) in [6, 6.07) is 12.5. The summed E-state index contributed by atoms with van der Waals surface area (Å²) in [4.78, 5) is 27.2. The number of benzene rings is 2. The first-order chi connectivity index (χ1) is 14.7. The van der Waals surface area contributed by atoms with Gasteiger partial charge in [0.2, 0.25) is 5.91 Å². The third kappa shape index (κ3) is 4.91. The van der Waals surface area contributed by atoms with Crippen LogP contribution in [0.25, 0.3) is 0 Å². The van der Waals surface area contributed by atoms with E-state index in [9.17, 15) is 18.0 Å². The van der Waals surface area contributed by atoms with E-state index in [0.29, 0.717) is 23.0 Å². The van der Waals surface area contributed by atoms with E-state index in [2.05, 4.69) is 15.0 Å². The molecular weight excluding hydrogens is 436 g/mol. The molecule has 162 valence electrons. The van der Waals surface area contributed by atoms with E-state index in [-0.39, 0.29) is 30.0 Å². The van der Waals surface area contributed by atoms with Gasteiger partial charge in [-0.2, -0.15) is 0 Å². The minimum Gasteiger partial charge on any atom is -0.354 e. The van der Waals surface area contributed by atoms with Crippen LogP contribution in [0.15, 0.2) is 51.8 Å². The van der Waals surface area contributed by atoms with Crippen LogP contribution >= 0.6 is 11.8 Å². The Hall–Kier alpha value is -2.85. The van der Waals surface area contributed by atoms with Crippen molar-refractivity contribution >= 4 is 50.1 Å². The highest BCUT2D eigenvalue weighted by Crippen LogP contribution is 2.42. The quantitative estimate of drug-likeness (QED) is 0.713. The maximum Gasteiger partial charge on any atom is 0.257 e. The van der Waals surface area contributed by atoms with E-state index in [1.165, 1.54) is 11.8 Å². The van der Waals surface area contributed by atoms with Crippen LogP contribution in [0.4, 0.5) is 11.4 Å². The van der Waals surface area contributed by atoms with Crippen LogP contribution in [-0.4, -0.2) is 43.7 Å². The number of rotatable bonds is 5. The lowest BCUT2D eigenvalue weighted by Crippen LogP contribution is -2.35. The molecule has 31 heavy (non-hydrogen) atoms. The number of carbonyl (C=O) groups excluding carboxylic acids is 2. The molecule has 0 saturated heterocycles. The Morgan fingerprint density at radius 2 is 1.90 bits per heavy atom. The number of fused-ring (bicyclic) bond motifs is 3. The summed E-state index contributed by atoms with van der Waals surface area (Å²) in [6.45, 7) is 4.18. The van der Waals surface area contributed by atoms with Gasteiger partial charge in [-0.05, 0) is 61.5 Å². The number of hydrogen-bond acceptors (Lipinski definition) is 6. The molecule has 0 bridgehead atoms. The molecule has 0 atom stereocenters. The molecule has 2 aliphatic rings. The van der Waals surface area contributed by atoms with Gasteiger partial charge in [-0.1, -0.05) is 12.1 Å². The lowest BCUT2D eigenvalue weighted by Gasteiger charge is -2.22. The molecule has 0 fully saturated rings. The second-order valence-corrected chi connectivity index (χ2v) is 10.4. The Balaban J connectivity index is 1.43. The fourth-order valence-corrected chi connectivity index (χ4v) is 5.64. The molecule has 2 aromatic rings. The molecule has 4 rings (SSSR count). The molecule has 0 unspecified atom stereocenters. The first-order valence-electron chi connectivity index (χ1n) is 9.82. The highest BCUT2D eigenvalue weighted by atomic mass is 32.2. The minimum atomic E-state index is -3.42. The smallest absolute Gasteiger partial charge is 0.257 e. The molecule has 2 aromatic carbocycles. The molecule has 10 heteroatoms. The maximum absolute atomic E-state index is 12.7. The highest BCUT2D eigenvalue weighted by molar-refractivity contribution is 8.15. The number of nitrogens with one attached hydrogen (secondary N) is 2. The van der Waals surface area contributed by atoms with Gasteiger partial charge < -0.3 is 15.5 Å². The summed E-state index contributed by atoms with van der Waals surface area (Å²) in [7, 11) is -3.42. The van der Waals surface area contributed by atoms with Crippen molar-refractivity contribution in [2.24, 2.45) is 4.40 Å². The molecule has 0 aliphatic carbocycles. The van der Waals surface area contributed by atoms with Crippen LogP contribution < -0.4 is 15.5 Å². The average Bonchev–Trinajstić information content (AvgIpc) is 3.04. The molecule has 0 aromatic heterocycles. The summed E-state index contributed by atoms with van der Waals surface area (Å²) in [6.07, 6.45) is 0.282. The van der Waals surface area contributed by atoms with E-state index >= 15 is 0 Å². The fourth-order valence-electron chi connectivity index (χ4n) is 3.34. The van der Waals surface area contributed by atoms with E-state index in [1.807, 2.05) is 36.9 Å². The second kappa shape index (κ2) is 8.35. The number of anilines is 2. The van der Waals surface area contributed by atoms with Crippen molar-refractivity contribution in [3.8, 4) is 0 Å². The van der Waals surface area contributed by atoms with Gasteiger partial charge in [-0.3, -0.25) is 9.59 Å². The molecule has 0 spiro atoms. The lowest BCUT2D eigenvalue weighted by molar-refractivity contribution is -0.120. The molecule has 8 nitrogen and oxygen atoms in total. The first-order valence-corrected chi connectivity index (χ1v) is 12.2. The fraction of sp³-hybridized carbons (Fsp3) is 0.286. The zero-order chi connectivity index (χ0) is 22.2. The van der Waals surface area contributed by atoms with Crippen molar-refractivity contribution in [1.29, 1.82) is 0 Å². The van der Waals surface area contributed by atoms with Crippen LogP contribution in [0, 0.1) is 0 Å². The number of hydrogen-bond donors (Lipinski definition) is 2. The van der Waals surface area contributed by atoms with Crippen molar-refractivity contribution in [2.45, 2.75) is 31.2 Å². The van der Waals surface area contributed by atoms with Crippen molar-refractivity contribution < 1.29 is 18.0 Å². The van der Waals surface area contributed by atoms with E-state index in [0.717, 1.165) is 16.1 Å². The Labute approximate surface area is 185 Å². The Morgan fingerprint density at radius 3 is 2.61 bits per heavy atom. The second-order valence-electron chi connectivity index (χ2n) is 7.65. The number of amides is 2. The average molecular weight is 459 g/mol. The molecule has 2 heterocycles. The topological polar surface area (TPSA) is 108 Å². The van der Waals surface area contributed by atoms with Crippen molar-refractivity contribution in [3.05, 3.63) is 53.6 Å². The molecule has 2 aliphatic heterocycles. The molecule has 0 saturated carbocycles. The Kier molecular flexibility index (Phi) is 5.76. The molecular formula is C21H22N4O4S2. The van der Waals surface area contributed by atoms with Gasteiger partial charge in [-0.15, -0.1) is 4.40 Å². The van der Waals surface area contributed by atoms with E-state index in [1.54, 1.807) is 24.3 Å². The van der Waals surface area contributed by atoms with Gasteiger partial charge in [0.1, 0.15) is 0 Å². The Morgan fingerprint density at radius 1 is 1.16 bits per heavy atom. The summed E-state index contributed by atoms with van der Waals surface area (Å²) >= 11 is 1.25. The monoisotopic (exact) mass is 458 g/mol. The Bertz CT molecular complexity index is 1170. The maximum atomic E-state index is 12.7. The SMILES string of the molecule is CC(C)NC(=O)Cc1ccc(NC(=O)c2ccc3c(c2)SC2=NS(=O)(=O)CCN23)cc1. The van der Waals surface area contributed by atoms with Crippen LogP contribution in [0.3, 0.4) is 0 Å². The number of amidine groups is 1. The van der Waals surface area contributed by atoms with Crippen LogP contribution in [0.5, 0.6) is 0 Å². The van der Waals surface area contributed by atoms with Crippen LogP contribution in [-0.2, 0) is 21.2 Å².